The lowest BCUT2D eigenvalue weighted by Gasteiger charge is -2.28. The van der Waals surface area contributed by atoms with E-state index in [1.807, 2.05) is 18.3 Å². The summed E-state index contributed by atoms with van der Waals surface area (Å²) in [6.45, 7) is 2.37. The summed E-state index contributed by atoms with van der Waals surface area (Å²) in [5, 5.41) is 9.25. The van der Waals surface area contributed by atoms with Crippen molar-refractivity contribution in [3.63, 3.8) is 0 Å². The largest absolute Gasteiger partial charge is 0.478 e. The van der Waals surface area contributed by atoms with Gasteiger partial charge in [-0.1, -0.05) is 12.1 Å². The first-order valence-corrected chi connectivity index (χ1v) is 12.0. The molecule has 0 unspecified atom stereocenters. The quantitative estimate of drug-likeness (QED) is 0.377. The average Bonchev–Trinajstić information content (AvgIpc) is 3.21. The molecule has 36 heavy (non-hydrogen) atoms. The molecule has 1 fully saturated rings. The van der Waals surface area contributed by atoms with Gasteiger partial charge in [0.2, 0.25) is 5.92 Å². The molecule has 0 bridgehead atoms. The van der Waals surface area contributed by atoms with Gasteiger partial charge in [-0.3, -0.25) is 9.78 Å². The van der Waals surface area contributed by atoms with E-state index in [1.165, 1.54) is 0 Å². The highest BCUT2D eigenvalue weighted by atomic mass is 19.3. The van der Waals surface area contributed by atoms with E-state index in [0.717, 1.165) is 33.3 Å². The van der Waals surface area contributed by atoms with Gasteiger partial charge in [-0.2, -0.15) is 0 Å². The van der Waals surface area contributed by atoms with Crippen molar-refractivity contribution in [2.45, 2.75) is 45.1 Å². The number of alkyl halides is 2. The zero-order valence-corrected chi connectivity index (χ0v) is 20.2. The molecule has 0 amide bonds. The van der Waals surface area contributed by atoms with Gasteiger partial charge in [0.1, 0.15) is 0 Å². The van der Waals surface area contributed by atoms with Gasteiger partial charge in [-0.15, -0.1) is 0 Å². The minimum atomic E-state index is -2.58. The molecule has 0 saturated heterocycles. The molecule has 3 heterocycles. The molecular formula is C28H27F2N3O3. The van der Waals surface area contributed by atoms with Gasteiger partial charge in [0.15, 0.2) is 0 Å². The Hall–Kier alpha value is -3.81. The topological polar surface area (TPSA) is 77.1 Å². The Morgan fingerprint density at radius 3 is 2.42 bits per heavy atom. The number of aromatic carboxylic acids is 1. The van der Waals surface area contributed by atoms with Crippen LogP contribution in [0.1, 0.15) is 41.6 Å². The molecular weight excluding hydrogens is 464 g/mol. The summed E-state index contributed by atoms with van der Waals surface area (Å²) in [5.74, 6) is -3.44. The van der Waals surface area contributed by atoms with Crippen molar-refractivity contribution >= 4 is 17.0 Å². The van der Waals surface area contributed by atoms with Gasteiger partial charge in [0.05, 0.1) is 16.6 Å². The Bertz CT molecular complexity index is 1480. The van der Waals surface area contributed by atoms with Crippen molar-refractivity contribution < 1.29 is 18.7 Å². The summed E-state index contributed by atoms with van der Waals surface area (Å²) in [7, 11) is 1.71. The minimum Gasteiger partial charge on any atom is -0.478 e. The maximum absolute atomic E-state index is 13.7. The smallest absolute Gasteiger partial charge is 0.335 e. The molecule has 1 aliphatic carbocycles. The summed E-state index contributed by atoms with van der Waals surface area (Å²) in [4.78, 5) is 28.2. The number of fused-ring (bicyclic) bond motifs is 1. The Morgan fingerprint density at radius 2 is 1.78 bits per heavy atom. The van der Waals surface area contributed by atoms with Crippen molar-refractivity contribution in [2.75, 3.05) is 0 Å². The monoisotopic (exact) mass is 491 g/mol. The molecule has 1 aliphatic rings. The summed E-state index contributed by atoms with van der Waals surface area (Å²) >= 11 is 0. The maximum atomic E-state index is 13.7. The van der Waals surface area contributed by atoms with Crippen molar-refractivity contribution in [3.8, 4) is 22.3 Å². The van der Waals surface area contributed by atoms with Crippen LogP contribution in [0, 0.1) is 12.8 Å². The Kier molecular flexibility index (Phi) is 5.98. The number of carbonyl (C=O) groups is 1. The third-order valence-electron chi connectivity index (χ3n) is 7.15. The molecule has 4 aromatic rings. The van der Waals surface area contributed by atoms with Gasteiger partial charge in [0, 0.05) is 67.3 Å². The van der Waals surface area contributed by atoms with Crippen molar-refractivity contribution in [2.24, 2.45) is 13.0 Å². The SMILES string of the molecule is Cc1cc(-c2cnc3c(-c4ccc(C(=O)O)cc4)cn(CC4CCC(F)(F)CC4)c3c2)cn(C)c1=O. The predicted molar refractivity (Wildman–Crippen MR) is 134 cm³/mol. The van der Waals surface area contributed by atoms with Gasteiger partial charge >= 0.3 is 5.97 Å². The fourth-order valence-electron chi connectivity index (χ4n) is 5.07. The number of pyridine rings is 2. The third-order valence-corrected chi connectivity index (χ3v) is 7.15. The average molecular weight is 492 g/mol. The molecule has 0 aliphatic heterocycles. The van der Waals surface area contributed by atoms with Crippen LogP contribution in [0.2, 0.25) is 0 Å². The number of benzene rings is 1. The van der Waals surface area contributed by atoms with E-state index in [0.29, 0.717) is 24.9 Å². The lowest BCUT2D eigenvalue weighted by atomic mass is 9.87. The summed E-state index contributed by atoms with van der Waals surface area (Å²) in [5.41, 5.74) is 5.79. The Balaban J connectivity index is 1.60. The maximum Gasteiger partial charge on any atom is 0.335 e. The number of carboxylic acid groups (broad SMARTS) is 1. The molecule has 6 nitrogen and oxygen atoms in total. The molecule has 1 aromatic carbocycles. The molecule has 0 spiro atoms. The summed E-state index contributed by atoms with van der Waals surface area (Å²) < 4.78 is 31.1. The van der Waals surface area contributed by atoms with Gasteiger partial charge < -0.3 is 14.2 Å². The predicted octanol–water partition coefficient (Wildman–Crippen LogP) is 5.90. The summed E-state index contributed by atoms with van der Waals surface area (Å²) in [6, 6.07) is 10.5. The van der Waals surface area contributed by atoms with E-state index in [2.05, 4.69) is 4.57 Å². The lowest BCUT2D eigenvalue weighted by Crippen LogP contribution is -2.26. The highest BCUT2D eigenvalue weighted by Gasteiger charge is 2.35. The minimum absolute atomic E-state index is 0.0580. The number of carboxylic acids is 1. The molecule has 1 N–H and O–H groups in total. The first-order chi connectivity index (χ1) is 17.1. The second-order valence-electron chi connectivity index (χ2n) is 9.80. The van der Waals surface area contributed by atoms with Crippen LogP contribution in [0.4, 0.5) is 8.78 Å². The molecule has 186 valence electrons. The molecule has 5 rings (SSSR count). The number of hydrogen-bond acceptors (Lipinski definition) is 3. The van der Waals surface area contributed by atoms with Crippen molar-refractivity contribution in [3.05, 3.63) is 76.5 Å². The van der Waals surface area contributed by atoms with Crippen molar-refractivity contribution in [1.82, 2.24) is 14.1 Å². The first kappa shape index (κ1) is 23.9. The summed E-state index contributed by atoms with van der Waals surface area (Å²) in [6.07, 6.45) is 6.26. The normalized spacial score (nSPS) is 15.9. The highest BCUT2D eigenvalue weighted by Crippen LogP contribution is 2.38. The van der Waals surface area contributed by atoms with Crippen LogP contribution >= 0.6 is 0 Å². The number of nitrogens with zero attached hydrogens (tertiary/aromatic N) is 3. The van der Waals surface area contributed by atoms with E-state index in [9.17, 15) is 23.5 Å². The van der Waals surface area contributed by atoms with E-state index >= 15 is 0 Å². The fraction of sp³-hybridized carbons (Fsp3) is 0.321. The molecule has 3 aromatic heterocycles. The zero-order chi connectivity index (χ0) is 25.6. The van der Waals surface area contributed by atoms with Crippen LogP contribution in [-0.4, -0.2) is 31.1 Å². The van der Waals surface area contributed by atoms with Gasteiger partial charge in [-0.25, -0.2) is 13.6 Å². The Morgan fingerprint density at radius 1 is 1.08 bits per heavy atom. The van der Waals surface area contributed by atoms with E-state index < -0.39 is 11.9 Å². The molecule has 8 heteroatoms. The van der Waals surface area contributed by atoms with Crippen LogP contribution in [-0.2, 0) is 13.6 Å². The second-order valence-corrected chi connectivity index (χ2v) is 9.80. The van der Waals surface area contributed by atoms with Crippen LogP contribution in [0.3, 0.4) is 0 Å². The first-order valence-electron chi connectivity index (χ1n) is 12.0. The number of aromatic nitrogens is 3. The molecule has 1 saturated carbocycles. The Labute approximate surface area is 206 Å². The molecule has 0 radical (unpaired) electrons. The van der Waals surface area contributed by atoms with E-state index in [1.54, 1.807) is 55.2 Å². The van der Waals surface area contributed by atoms with Crippen LogP contribution in [0.25, 0.3) is 33.3 Å². The number of aryl methyl sites for hydroxylation is 2. The van der Waals surface area contributed by atoms with Crippen LogP contribution in [0.5, 0.6) is 0 Å². The van der Waals surface area contributed by atoms with Crippen molar-refractivity contribution in [1.29, 1.82) is 0 Å². The van der Waals surface area contributed by atoms with E-state index in [-0.39, 0.29) is 29.9 Å². The lowest BCUT2D eigenvalue weighted by molar-refractivity contribution is -0.0472. The number of hydrogen-bond donors (Lipinski definition) is 1. The highest BCUT2D eigenvalue weighted by molar-refractivity contribution is 5.95. The standard InChI is InChI=1S/C28H27F2N3O3/c1-17-11-22(15-32(2)26(17)34)21-12-24-25(31-13-21)23(19-3-5-20(6-4-19)27(35)36)16-33(24)14-18-7-9-28(29,30)10-8-18/h3-6,11-13,15-16,18H,7-10,14H2,1-2H3,(H,35,36). The van der Waals surface area contributed by atoms with Gasteiger partial charge in [0.25, 0.3) is 5.56 Å². The fourth-order valence-corrected chi connectivity index (χ4v) is 5.07. The zero-order valence-electron chi connectivity index (χ0n) is 20.2. The van der Waals surface area contributed by atoms with Crippen LogP contribution < -0.4 is 5.56 Å². The van der Waals surface area contributed by atoms with E-state index in [4.69, 9.17) is 4.98 Å². The van der Waals surface area contributed by atoms with Crippen LogP contribution in [0.15, 0.2) is 59.8 Å². The molecule has 0 atom stereocenters. The van der Waals surface area contributed by atoms with Gasteiger partial charge in [-0.05, 0) is 55.5 Å². The number of halogens is 2. The number of rotatable bonds is 5. The second kappa shape index (κ2) is 9.00. The third kappa shape index (κ3) is 4.55.